The molecular formula is C25H30FN3O4S. The zero-order valence-electron chi connectivity index (χ0n) is 19.5. The van der Waals surface area contributed by atoms with Crippen LogP contribution in [0.3, 0.4) is 0 Å². The Balaban J connectivity index is 1.43. The van der Waals surface area contributed by atoms with Crippen LogP contribution in [0.2, 0.25) is 0 Å². The molecule has 2 aliphatic rings. The number of halogens is 1. The van der Waals surface area contributed by atoms with Crippen molar-refractivity contribution in [3.8, 4) is 0 Å². The number of rotatable bonds is 4. The van der Waals surface area contributed by atoms with Gasteiger partial charge in [-0.15, -0.1) is 0 Å². The third kappa shape index (κ3) is 4.86. The van der Waals surface area contributed by atoms with Crippen LogP contribution >= 0.6 is 0 Å². The van der Waals surface area contributed by atoms with Gasteiger partial charge in [0.05, 0.1) is 4.90 Å². The minimum Gasteiger partial charge on any atom is -0.335 e. The summed E-state index contributed by atoms with van der Waals surface area (Å²) in [5, 5.41) is 0. The molecule has 34 heavy (non-hydrogen) atoms. The van der Waals surface area contributed by atoms with Gasteiger partial charge in [0.2, 0.25) is 10.0 Å². The molecule has 2 saturated heterocycles. The lowest BCUT2D eigenvalue weighted by Crippen LogP contribution is -2.50. The lowest BCUT2D eigenvalue weighted by atomic mass is 10.1. The molecule has 182 valence electrons. The van der Waals surface area contributed by atoms with E-state index in [2.05, 4.69) is 0 Å². The Morgan fingerprint density at radius 3 is 2.09 bits per heavy atom. The maximum absolute atomic E-state index is 13.8. The van der Waals surface area contributed by atoms with Crippen molar-refractivity contribution < 1.29 is 22.4 Å². The van der Waals surface area contributed by atoms with Crippen molar-refractivity contribution in [3.05, 3.63) is 65.0 Å². The molecule has 2 heterocycles. The van der Waals surface area contributed by atoms with Crippen molar-refractivity contribution in [2.75, 3.05) is 32.7 Å². The standard InChI is InChI=1S/C25H30FN3O4S/c1-18-9-10-21(17-23(18)26)25(31)28-14-12-27(13-15-28)24(30)20-7-5-8-22(16-20)34(32,33)29-11-4-3-6-19(29)2/h5,7-10,16-17,19H,3-4,6,11-15H2,1-2H3. The fourth-order valence-electron chi connectivity index (χ4n) is 4.56. The quantitative estimate of drug-likeness (QED) is 0.663. The Bertz CT molecular complexity index is 1190. The van der Waals surface area contributed by atoms with E-state index >= 15 is 0 Å². The van der Waals surface area contributed by atoms with E-state index in [9.17, 15) is 22.4 Å². The highest BCUT2D eigenvalue weighted by molar-refractivity contribution is 7.89. The SMILES string of the molecule is Cc1ccc(C(=O)N2CCN(C(=O)c3cccc(S(=O)(=O)N4CCCCC4C)c3)CC2)cc1F. The number of piperazine rings is 1. The fraction of sp³-hybridized carbons (Fsp3) is 0.440. The maximum Gasteiger partial charge on any atom is 0.254 e. The highest BCUT2D eigenvalue weighted by atomic mass is 32.2. The number of aryl methyl sites for hydroxylation is 1. The van der Waals surface area contributed by atoms with Gasteiger partial charge in [0.25, 0.3) is 11.8 Å². The van der Waals surface area contributed by atoms with Gasteiger partial charge in [-0.05, 0) is 62.6 Å². The molecule has 4 rings (SSSR count). The summed E-state index contributed by atoms with van der Waals surface area (Å²) in [6.45, 7) is 5.33. The number of piperidine rings is 1. The van der Waals surface area contributed by atoms with E-state index in [4.69, 9.17) is 0 Å². The smallest absolute Gasteiger partial charge is 0.254 e. The van der Waals surface area contributed by atoms with Crippen molar-refractivity contribution in [1.82, 2.24) is 14.1 Å². The van der Waals surface area contributed by atoms with E-state index in [1.807, 2.05) is 6.92 Å². The summed E-state index contributed by atoms with van der Waals surface area (Å²) >= 11 is 0. The van der Waals surface area contributed by atoms with Crippen LogP contribution in [-0.2, 0) is 10.0 Å². The number of amides is 2. The molecule has 2 fully saturated rings. The number of sulfonamides is 1. The molecule has 2 aromatic carbocycles. The topological polar surface area (TPSA) is 78.0 Å². The highest BCUT2D eigenvalue weighted by Gasteiger charge is 2.32. The molecule has 1 atom stereocenters. The predicted molar refractivity (Wildman–Crippen MR) is 127 cm³/mol. The van der Waals surface area contributed by atoms with Gasteiger partial charge < -0.3 is 9.80 Å². The third-order valence-corrected chi connectivity index (χ3v) is 8.71. The molecular weight excluding hydrogens is 457 g/mol. The van der Waals surface area contributed by atoms with Crippen molar-refractivity contribution in [1.29, 1.82) is 0 Å². The number of benzene rings is 2. The van der Waals surface area contributed by atoms with Gasteiger partial charge in [-0.2, -0.15) is 4.31 Å². The van der Waals surface area contributed by atoms with Crippen LogP contribution < -0.4 is 0 Å². The van der Waals surface area contributed by atoms with Crippen LogP contribution in [0.1, 0.15) is 52.5 Å². The first-order chi connectivity index (χ1) is 16.2. The van der Waals surface area contributed by atoms with Crippen molar-refractivity contribution >= 4 is 21.8 Å². The molecule has 0 N–H and O–H groups in total. The predicted octanol–water partition coefficient (Wildman–Crippen LogP) is 3.30. The lowest BCUT2D eigenvalue weighted by Gasteiger charge is -2.35. The fourth-order valence-corrected chi connectivity index (χ4v) is 6.30. The summed E-state index contributed by atoms with van der Waals surface area (Å²) in [5.74, 6) is -0.958. The summed E-state index contributed by atoms with van der Waals surface area (Å²) in [7, 11) is -3.68. The van der Waals surface area contributed by atoms with Crippen molar-refractivity contribution in [2.24, 2.45) is 0 Å². The molecule has 7 nitrogen and oxygen atoms in total. The molecule has 0 radical (unpaired) electrons. The summed E-state index contributed by atoms with van der Waals surface area (Å²) in [4.78, 5) is 29.2. The Morgan fingerprint density at radius 2 is 1.50 bits per heavy atom. The minimum atomic E-state index is -3.68. The van der Waals surface area contributed by atoms with Crippen LogP contribution in [0.15, 0.2) is 47.4 Å². The number of nitrogens with zero attached hydrogens (tertiary/aromatic N) is 3. The number of carbonyl (C=O) groups excluding carboxylic acids is 2. The average Bonchev–Trinajstić information content (AvgIpc) is 2.85. The zero-order valence-corrected chi connectivity index (χ0v) is 20.4. The van der Waals surface area contributed by atoms with Crippen LogP contribution in [-0.4, -0.2) is 73.1 Å². The monoisotopic (exact) mass is 487 g/mol. The summed E-state index contributed by atoms with van der Waals surface area (Å²) < 4.78 is 41.7. The normalized spacial score (nSPS) is 19.8. The summed E-state index contributed by atoms with van der Waals surface area (Å²) in [5.41, 5.74) is 1.07. The molecule has 0 aliphatic carbocycles. The maximum atomic E-state index is 13.8. The van der Waals surface area contributed by atoms with E-state index < -0.39 is 15.8 Å². The van der Waals surface area contributed by atoms with E-state index in [1.54, 1.807) is 41.0 Å². The molecule has 1 unspecified atom stereocenters. The van der Waals surface area contributed by atoms with Crippen LogP contribution in [0.4, 0.5) is 4.39 Å². The van der Waals surface area contributed by atoms with E-state index in [1.165, 1.54) is 22.5 Å². The molecule has 0 saturated carbocycles. The molecule has 0 aromatic heterocycles. The Hall–Kier alpha value is -2.78. The van der Waals surface area contributed by atoms with Crippen LogP contribution in [0.25, 0.3) is 0 Å². The minimum absolute atomic E-state index is 0.0641. The molecule has 2 aliphatic heterocycles. The molecule has 2 amide bonds. The highest BCUT2D eigenvalue weighted by Crippen LogP contribution is 2.26. The van der Waals surface area contributed by atoms with Gasteiger partial charge in [-0.1, -0.05) is 18.6 Å². The first-order valence-electron chi connectivity index (χ1n) is 11.6. The lowest BCUT2D eigenvalue weighted by molar-refractivity contribution is 0.0535. The van der Waals surface area contributed by atoms with Gasteiger partial charge >= 0.3 is 0 Å². The van der Waals surface area contributed by atoms with Gasteiger partial charge in [-0.25, -0.2) is 12.8 Å². The molecule has 0 spiro atoms. The van der Waals surface area contributed by atoms with Gasteiger partial charge in [0.15, 0.2) is 0 Å². The molecule has 0 bridgehead atoms. The van der Waals surface area contributed by atoms with Gasteiger partial charge in [0.1, 0.15) is 5.82 Å². The summed E-state index contributed by atoms with van der Waals surface area (Å²) in [6.07, 6.45) is 2.68. The molecule has 2 aromatic rings. The van der Waals surface area contributed by atoms with E-state index in [0.29, 0.717) is 43.9 Å². The largest absolute Gasteiger partial charge is 0.335 e. The van der Waals surface area contributed by atoms with Crippen molar-refractivity contribution in [2.45, 2.75) is 44.0 Å². The van der Waals surface area contributed by atoms with Crippen LogP contribution in [0, 0.1) is 12.7 Å². The first-order valence-corrected chi connectivity index (χ1v) is 13.1. The first kappa shape index (κ1) is 24.3. The van der Waals surface area contributed by atoms with Gasteiger partial charge in [-0.3, -0.25) is 9.59 Å². The second kappa shape index (κ2) is 9.84. The Labute approximate surface area is 200 Å². The van der Waals surface area contributed by atoms with Crippen LogP contribution in [0.5, 0.6) is 0 Å². The second-order valence-electron chi connectivity index (χ2n) is 9.04. The average molecular weight is 488 g/mol. The van der Waals surface area contributed by atoms with E-state index in [-0.39, 0.29) is 28.3 Å². The Kier molecular flexibility index (Phi) is 7.04. The number of hydrogen-bond donors (Lipinski definition) is 0. The summed E-state index contributed by atoms with van der Waals surface area (Å²) in [6, 6.07) is 10.6. The zero-order chi connectivity index (χ0) is 24.5. The van der Waals surface area contributed by atoms with E-state index in [0.717, 1.165) is 19.3 Å². The Morgan fingerprint density at radius 1 is 0.882 bits per heavy atom. The van der Waals surface area contributed by atoms with Gasteiger partial charge in [0, 0.05) is 49.9 Å². The molecule has 9 heteroatoms. The number of hydrogen-bond acceptors (Lipinski definition) is 4. The third-order valence-electron chi connectivity index (χ3n) is 6.70. The second-order valence-corrected chi connectivity index (χ2v) is 10.9. The number of carbonyl (C=O) groups is 2. The van der Waals surface area contributed by atoms with Crippen molar-refractivity contribution in [3.63, 3.8) is 0 Å².